The molecule has 2 N–H and O–H groups in total. The largest absolute Gasteiger partial charge is 0.461 e. The smallest absolute Gasteiger partial charge is 0.334 e. The number of aliphatic hydroxyl groups excluding tert-OH is 2. The number of carbonyl (C=O) groups is 2. The van der Waals surface area contributed by atoms with Crippen molar-refractivity contribution in [3.8, 4) is 0 Å². The average molecular weight is 250 g/mol. The van der Waals surface area contributed by atoms with Gasteiger partial charge in [0.25, 0.3) is 0 Å². The molecule has 0 aliphatic rings. The van der Waals surface area contributed by atoms with Gasteiger partial charge < -0.3 is 24.4 Å². The van der Waals surface area contributed by atoms with Crippen LogP contribution in [0.3, 0.4) is 0 Å². The summed E-state index contributed by atoms with van der Waals surface area (Å²) in [5.41, 5.74) is 0. The zero-order valence-electron chi connectivity index (χ0n) is 9.92. The van der Waals surface area contributed by atoms with Crippen molar-refractivity contribution >= 4 is 11.9 Å². The number of aliphatic hydroxyl groups is 2. The standard InChI is InChI=1S/C10H18O7/c1-7(11)9(13)16-5-3-15-4-6-17-10(14)8(2)12/h7-8,11-12H,3-6H2,1-2H3. The van der Waals surface area contributed by atoms with Gasteiger partial charge in [0.05, 0.1) is 13.2 Å². The van der Waals surface area contributed by atoms with Crippen LogP contribution in [0.1, 0.15) is 13.8 Å². The molecule has 0 bridgehead atoms. The second kappa shape index (κ2) is 8.91. The summed E-state index contributed by atoms with van der Waals surface area (Å²) in [5.74, 6) is -1.43. The van der Waals surface area contributed by atoms with Gasteiger partial charge in [-0.05, 0) is 13.8 Å². The number of esters is 2. The van der Waals surface area contributed by atoms with Gasteiger partial charge in [0.2, 0.25) is 0 Å². The molecule has 0 spiro atoms. The van der Waals surface area contributed by atoms with Crippen molar-refractivity contribution in [3.63, 3.8) is 0 Å². The molecule has 17 heavy (non-hydrogen) atoms. The molecule has 100 valence electrons. The molecule has 0 saturated heterocycles. The summed E-state index contributed by atoms with van der Waals surface area (Å²) in [5, 5.41) is 17.6. The first-order chi connectivity index (χ1) is 7.95. The third-order valence-electron chi connectivity index (χ3n) is 1.63. The van der Waals surface area contributed by atoms with Crippen molar-refractivity contribution in [2.45, 2.75) is 26.1 Å². The van der Waals surface area contributed by atoms with E-state index < -0.39 is 24.1 Å². The van der Waals surface area contributed by atoms with Gasteiger partial charge in [-0.1, -0.05) is 0 Å². The van der Waals surface area contributed by atoms with Crippen LogP contribution < -0.4 is 0 Å². The Morgan fingerprint density at radius 1 is 0.882 bits per heavy atom. The van der Waals surface area contributed by atoms with Crippen LogP contribution in [0.5, 0.6) is 0 Å². The maximum absolute atomic E-state index is 10.8. The van der Waals surface area contributed by atoms with Crippen LogP contribution in [0.15, 0.2) is 0 Å². The third-order valence-corrected chi connectivity index (χ3v) is 1.63. The minimum atomic E-state index is -1.15. The predicted octanol–water partition coefficient (Wildman–Crippen LogP) is -1.15. The van der Waals surface area contributed by atoms with Crippen molar-refractivity contribution in [1.29, 1.82) is 0 Å². The zero-order valence-corrected chi connectivity index (χ0v) is 9.92. The molecule has 7 heteroatoms. The fraction of sp³-hybridized carbons (Fsp3) is 0.800. The Labute approximate surface area is 99.3 Å². The molecule has 0 aliphatic carbocycles. The molecular weight excluding hydrogens is 232 g/mol. The molecule has 0 amide bonds. The Bertz CT molecular complexity index is 213. The van der Waals surface area contributed by atoms with Crippen LogP contribution in [0.25, 0.3) is 0 Å². The normalized spacial score (nSPS) is 13.9. The highest BCUT2D eigenvalue weighted by molar-refractivity contribution is 5.74. The monoisotopic (exact) mass is 250 g/mol. The Morgan fingerprint density at radius 2 is 1.24 bits per heavy atom. The maximum atomic E-state index is 10.8. The van der Waals surface area contributed by atoms with Gasteiger partial charge in [0.1, 0.15) is 25.4 Å². The molecule has 0 saturated carbocycles. The van der Waals surface area contributed by atoms with Crippen molar-refractivity contribution in [2.24, 2.45) is 0 Å². The van der Waals surface area contributed by atoms with Gasteiger partial charge in [-0.25, -0.2) is 9.59 Å². The van der Waals surface area contributed by atoms with Gasteiger partial charge in [-0.15, -0.1) is 0 Å². The fourth-order valence-corrected chi connectivity index (χ4v) is 0.746. The Balaban J connectivity index is 3.30. The van der Waals surface area contributed by atoms with Crippen molar-refractivity contribution in [2.75, 3.05) is 26.4 Å². The lowest BCUT2D eigenvalue weighted by Crippen LogP contribution is -2.23. The Morgan fingerprint density at radius 3 is 1.53 bits per heavy atom. The quantitative estimate of drug-likeness (QED) is 0.414. The van der Waals surface area contributed by atoms with Gasteiger partial charge >= 0.3 is 11.9 Å². The van der Waals surface area contributed by atoms with Crippen LogP contribution in [0, 0.1) is 0 Å². The lowest BCUT2D eigenvalue weighted by molar-refractivity contribution is -0.155. The van der Waals surface area contributed by atoms with E-state index >= 15 is 0 Å². The van der Waals surface area contributed by atoms with Crippen LogP contribution >= 0.6 is 0 Å². The first-order valence-corrected chi connectivity index (χ1v) is 5.22. The van der Waals surface area contributed by atoms with E-state index in [-0.39, 0.29) is 26.4 Å². The summed E-state index contributed by atoms with van der Waals surface area (Å²) in [7, 11) is 0. The van der Waals surface area contributed by atoms with Crippen molar-refractivity contribution in [1.82, 2.24) is 0 Å². The van der Waals surface area contributed by atoms with E-state index in [0.717, 1.165) is 0 Å². The molecule has 0 fully saturated rings. The summed E-state index contributed by atoms with van der Waals surface area (Å²) < 4.78 is 14.2. The lowest BCUT2D eigenvalue weighted by Gasteiger charge is -2.08. The van der Waals surface area contributed by atoms with E-state index in [1.54, 1.807) is 0 Å². The SMILES string of the molecule is CC(O)C(=O)OCCOCCOC(=O)C(C)O. The van der Waals surface area contributed by atoms with E-state index in [9.17, 15) is 9.59 Å². The van der Waals surface area contributed by atoms with Gasteiger partial charge in [-0.2, -0.15) is 0 Å². The summed E-state index contributed by atoms with van der Waals surface area (Å²) in [4.78, 5) is 21.5. The van der Waals surface area contributed by atoms with E-state index in [1.807, 2.05) is 0 Å². The highest BCUT2D eigenvalue weighted by Crippen LogP contribution is 1.89. The van der Waals surface area contributed by atoms with Gasteiger partial charge in [0, 0.05) is 0 Å². The maximum Gasteiger partial charge on any atom is 0.334 e. The third kappa shape index (κ3) is 8.61. The Hall–Kier alpha value is -1.18. The highest BCUT2D eigenvalue weighted by atomic mass is 16.6. The summed E-state index contributed by atoms with van der Waals surface area (Å²) in [6, 6.07) is 0. The number of carbonyl (C=O) groups excluding carboxylic acids is 2. The second-order valence-corrected chi connectivity index (χ2v) is 3.30. The van der Waals surface area contributed by atoms with Gasteiger partial charge in [-0.3, -0.25) is 0 Å². The summed E-state index contributed by atoms with van der Waals surface area (Å²) >= 11 is 0. The van der Waals surface area contributed by atoms with E-state index in [0.29, 0.717) is 0 Å². The van der Waals surface area contributed by atoms with E-state index in [1.165, 1.54) is 13.8 Å². The van der Waals surface area contributed by atoms with Crippen molar-refractivity contribution < 1.29 is 34.0 Å². The predicted molar refractivity (Wildman–Crippen MR) is 56.1 cm³/mol. The molecule has 0 aromatic carbocycles. The van der Waals surface area contributed by atoms with Crippen LogP contribution in [0.4, 0.5) is 0 Å². The number of rotatable bonds is 8. The molecule has 2 atom stereocenters. The van der Waals surface area contributed by atoms with E-state index in [4.69, 9.17) is 14.9 Å². The average Bonchev–Trinajstić information content (AvgIpc) is 2.26. The van der Waals surface area contributed by atoms with E-state index in [2.05, 4.69) is 9.47 Å². The first-order valence-electron chi connectivity index (χ1n) is 5.22. The molecule has 0 rings (SSSR count). The molecule has 0 heterocycles. The number of hydrogen-bond acceptors (Lipinski definition) is 7. The zero-order chi connectivity index (χ0) is 13.3. The Kier molecular flexibility index (Phi) is 8.29. The molecule has 7 nitrogen and oxygen atoms in total. The molecule has 0 radical (unpaired) electrons. The van der Waals surface area contributed by atoms with Crippen molar-refractivity contribution in [3.05, 3.63) is 0 Å². The van der Waals surface area contributed by atoms with Gasteiger partial charge in [0.15, 0.2) is 0 Å². The summed E-state index contributed by atoms with van der Waals surface area (Å²) in [6.07, 6.45) is -2.30. The van der Waals surface area contributed by atoms with Crippen LogP contribution in [-0.4, -0.2) is 60.8 Å². The molecule has 0 aromatic rings. The number of hydrogen-bond donors (Lipinski definition) is 2. The second-order valence-electron chi connectivity index (χ2n) is 3.30. The minimum absolute atomic E-state index is 0.0219. The first kappa shape index (κ1) is 15.8. The minimum Gasteiger partial charge on any atom is -0.461 e. The van der Waals surface area contributed by atoms with Crippen LogP contribution in [-0.2, 0) is 23.8 Å². The molecule has 2 unspecified atom stereocenters. The van der Waals surface area contributed by atoms with Crippen LogP contribution in [0.2, 0.25) is 0 Å². The number of ether oxygens (including phenoxy) is 3. The topological polar surface area (TPSA) is 102 Å². The highest BCUT2D eigenvalue weighted by Gasteiger charge is 2.10. The summed E-state index contributed by atoms with van der Waals surface area (Å²) in [6.45, 7) is 2.94. The molecular formula is C10H18O7. The molecule has 0 aliphatic heterocycles. The fourth-order valence-electron chi connectivity index (χ4n) is 0.746. The lowest BCUT2D eigenvalue weighted by atomic mass is 10.4. The molecule has 0 aromatic heterocycles.